The predicted octanol–water partition coefficient (Wildman–Crippen LogP) is 2.07. The van der Waals surface area contributed by atoms with Crippen molar-refractivity contribution in [2.75, 3.05) is 13.1 Å². The summed E-state index contributed by atoms with van der Waals surface area (Å²) in [7, 11) is 0. The third kappa shape index (κ3) is 6.32. The molecule has 0 aromatic rings. The van der Waals surface area contributed by atoms with Gasteiger partial charge in [0.1, 0.15) is 0 Å². The van der Waals surface area contributed by atoms with E-state index in [1.54, 1.807) is 0 Å². The van der Waals surface area contributed by atoms with Crippen molar-refractivity contribution in [1.82, 2.24) is 10.6 Å². The molecule has 0 saturated heterocycles. The highest BCUT2D eigenvalue weighted by Gasteiger charge is 2.27. The van der Waals surface area contributed by atoms with Crippen LogP contribution in [-0.2, 0) is 0 Å². The van der Waals surface area contributed by atoms with E-state index in [2.05, 4.69) is 10.6 Å². The van der Waals surface area contributed by atoms with Gasteiger partial charge in [-0.3, -0.25) is 0 Å². The summed E-state index contributed by atoms with van der Waals surface area (Å²) in [4.78, 5) is 21.1. The Kier molecular flexibility index (Phi) is 7.16. The Morgan fingerprint density at radius 2 is 1.11 bits per heavy atom. The van der Waals surface area contributed by atoms with Gasteiger partial charge >= 0.3 is 12.2 Å². The summed E-state index contributed by atoms with van der Waals surface area (Å²) in [5, 5.41) is 22.1. The molecule has 6 heteroatoms. The van der Waals surface area contributed by atoms with Crippen molar-refractivity contribution in [1.29, 1.82) is 0 Å². The third-order valence-electron chi connectivity index (χ3n) is 3.24. The minimum absolute atomic E-state index is 0.105. The van der Waals surface area contributed by atoms with E-state index >= 15 is 0 Å². The molecular formula is C12H24N2O4. The number of hydrogen-bond acceptors (Lipinski definition) is 2. The van der Waals surface area contributed by atoms with Crippen molar-refractivity contribution in [2.45, 2.75) is 27.7 Å². The molecule has 0 aliphatic heterocycles. The first kappa shape index (κ1) is 16.5. The SMILES string of the molecule is CC(C)C(CNC(=O)O)C(CNC(=O)O)C(C)C. The number of amides is 2. The molecule has 4 N–H and O–H groups in total. The summed E-state index contributed by atoms with van der Waals surface area (Å²) in [6, 6.07) is 0. The average molecular weight is 260 g/mol. The Labute approximate surface area is 108 Å². The van der Waals surface area contributed by atoms with Gasteiger partial charge in [-0.1, -0.05) is 27.7 Å². The lowest BCUT2D eigenvalue weighted by Crippen LogP contribution is -2.41. The maximum absolute atomic E-state index is 10.6. The molecule has 0 saturated carbocycles. The smallest absolute Gasteiger partial charge is 0.404 e. The van der Waals surface area contributed by atoms with Crippen molar-refractivity contribution in [3.05, 3.63) is 0 Å². The molecule has 0 aliphatic carbocycles. The highest BCUT2D eigenvalue weighted by molar-refractivity contribution is 5.64. The molecule has 2 unspecified atom stereocenters. The first-order valence-corrected chi connectivity index (χ1v) is 6.19. The molecule has 0 fully saturated rings. The fraction of sp³-hybridized carbons (Fsp3) is 0.833. The third-order valence-corrected chi connectivity index (χ3v) is 3.24. The van der Waals surface area contributed by atoms with Crippen LogP contribution in [0.5, 0.6) is 0 Å². The topological polar surface area (TPSA) is 98.7 Å². The van der Waals surface area contributed by atoms with Crippen molar-refractivity contribution < 1.29 is 19.8 Å². The molecule has 0 aromatic heterocycles. The number of hydrogen-bond donors (Lipinski definition) is 4. The second kappa shape index (κ2) is 7.79. The van der Waals surface area contributed by atoms with Crippen LogP contribution in [0.25, 0.3) is 0 Å². The minimum atomic E-state index is -1.05. The maximum Gasteiger partial charge on any atom is 0.404 e. The van der Waals surface area contributed by atoms with Gasteiger partial charge in [-0.25, -0.2) is 9.59 Å². The van der Waals surface area contributed by atoms with Gasteiger partial charge in [0.05, 0.1) is 0 Å². The molecule has 0 aliphatic rings. The second-order valence-electron chi connectivity index (χ2n) is 5.19. The lowest BCUT2D eigenvalue weighted by atomic mass is 9.77. The Morgan fingerprint density at radius 3 is 1.28 bits per heavy atom. The zero-order valence-corrected chi connectivity index (χ0v) is 11.4. The van der Waals surface area contributed by atoms with E-state index in [1.807, 2.05) is 27.7 Å². The van der Waals surface area contributed by atoms with Gasteiger partial charge in [0, 0.05) is 13.1 Å². The summed E-state index contributed by atoms with van der Waals surface area (Å²) in [6.07, 6.45) is -2.09. The van der Waals surface area contributed by atoms with Crippen molar-refractivity contribution in [3.63, 3.8) is 0 Å². The molecule has 0 rings (SSSR count). The molecule has 0 radical (unpaired) electrons. The number of rotatable bonds is 7. The largest absolute Gasteiger partial charge is 0.465 e. The monoisotopic (exact) mass is 260 g/mol. The Bertz CT molecular complexity index is 251. The van der Waals surface area contributed by atoms with Crippen LogP contribution in [0.1, 0.15) is 27.7 Å². The summed E-state index contributed by atoms with van der Waals surface area (Å²) in [6.45, 7) is 8.76. The van der Waals surface area contributed by atoms with Crippen molar-refractivity contribution in [3.8, 4) is 0 Å². The van der Waals surface area contributed by atoms with Crippen LogP contribution in [0.4, 0.5) is 9.59 Å². The van der Waals surface area contributed by atoms with Gasteiger partial charge in [-0.2, -0.15) is 0 Å². The van der Waals surface area contributed by atoms with Gasteiger partial charge in [0.25, 0.3) is 0 Å². The highest BCUT2D eigenvalue weighted by Crippen LogP contribution is 2.26. The van der Waals surface area contributed by atoms with E-state index < -0.39 is 12.2 Å². The van der Waals surface area contributed by atoms with E-state index in [0.717, 1.165) is 0 Å². The standard InChI is InChI=1S/C12H24N2O4/c1-7(2)9(5-13-11(15)16)10(8(3)4)6-14-12(17)18/h7-10,13-14H,5-6H2,1-4H3,(H,15,16)(H,17,18). The van der Waals surface area contributed by atoms with Crippen LogP contribution in [0.2, 0.25) is 0 Å². The molecule has 0 spiro atoms. The zero-order valence-electron chi connectivity index (χ0n) is 11.4. The summed E-state index contributed by atoms with van der Waals surface area (Å²) in [5.74, 6) is 0.764. The van der Waals surface area contributed by atoms with Crippen LogP contribution in [0.15, 0.2) is 0 Å². The average Bonchev–Trinajstić information content (AvgIpc) is 2.20. The van der Waals surface area contributed by atoms with Crippen LogP contribution < -0.4 is 10.6 Å². The van der Waals surface area contributed by atoms with Gasteiger partial charge < -0.3 is 20.8 Å². The Balaban J connectivity index is 4.65. The lowest BCUT2D eigenvalue weighted by Gasteiger charge is -2.32. The molecule has 0 heterocycles. The molecule has 2 atom stereocenters. The quantitative estimate of drug-likeness (QED) is 0.563. The predicted molar refractivity (Wildman–Crippen MR) is 68.7 cm³/mol. The lowest BCUT2D eigenvalue weighted by molar-refractivity contribution is 0.158. The highest BCUT2D eigenvalue weighted by atomic mass is 16.4. The molecule has 106 valence electrons. The zero-order chi connectivity index (χ0) is 14.3. The fourth-order valence-electron chi connectivity index (χ4n) is 2.17. The fourth-order valence-corrected chi connectivity index (χ4v) is 2.17. The van der Waals surface area contributed by atoms with E-state index in [1.165, 1.54) is 0 Å². The molecular weight excluding hydrogens is 236 g/mol. The number of carbonyl (C=O) groups is 2. The van der Waals surface area contributed by atoms with Gasteiger partial charge in [0.15, 0.2) is 0 Å². The molecule has 18 heavy (non-hydrogen) atoms. The normalized spacial score (nSPS) is 14.3. The summed E-state index contributed by atoms with van der Waals surface area (Å²) in [5.41, 5.74) is 0. The van der Waals surface area contributed by atoms with E-state index in [-0.39, 0.29) is 23.7 Å². The first-order valence-electron chi connectivity index (χ1n) is 6.19. The van der Waals surface area contributed by atoms with Crippen LogP contribution in [0, 0.1) is 23.7 Å². The van der Waals surface area contributed by atoms with E-state index in [9.17, 15) is 9.59 Å². The molecule has 6 nitrogen and oxygen atoms in total. The number of nitrogens with one attached hydrogen (secondary N) is 2. The second-order valence-corrected chi connectivity index (χ2v) is 5.19. The Morgan fingerprint density at radius 1 is 0.833 bits per heavy atom. The molecule has 2 amide bonds. The maximum atomic E-state index is 10.6. The van der Waals surface area contributed by atoms with Crippen LogP contribution in [0.3, 0.4) is 0 Å². The van der Waals surface area contributed by atoms with Crippen molar-refractivity contribution >= 4 is 12.2 Å². The van der Waals surface area contributed by atoms with Crippen LogP contribution >= 0.6 is 0 Å². The Hall–Kier alpha value is -1.46. The van der Waals surface area contributed by atoms with Crippen LogP contribution in [-0.4, -0.2) is 35.5 Å². The summed E-state index contributed by atoms with van der Waals surface area (Å²) >= 11 is 0. The van der Waals surface area contributed by atoms with Gasteiger partial charge in [-0.05, 0) is 23.7 Å². The summed E-state index contributed by atoms with van der Waals surface area (Å²) < 4.78 is 0. The van der Waals surface area contributed by atoms with Gasteiger partial charge in [-0.15, -0.1) is 0 Å². The van der Waals surface area contributed by atoms with Crippen molar-refractivity contribution in [2.24, 2.45) is 23.7 Å². The molecule has 0 bridgehead atoms. The first-order chi connectivity index (χ1) is 8.25. The number of carboxylic acid groups (broad SMARTS) is 2. The van der Waals surface area contributed by atoms with E-state index in [4.69, 9.17) is 10.2 Å². The van der Waals surface area contributed by atoms with Gasteiger partial charge in [0.2, 0.25) is 0 Å². The minimum Gasteiger partial charge on any atom is -0.465 e. The van der Waals surface area contributed by atoms with E-state index in [0.29, 0.717) is 13.1 Å². The molecule has 0 aromatic carbocycles.